The number of hydrogen-bond donors (Lipinski definition) is 0. The lowest BCUT2D eigenvalue weighted by molar-refractivity contribution is 0.0442. The van der Waals surface area contributed by atoms with Gasteiger partial charge < -0.3 is 0 Å². The second-order valence-corrected chi connectivity index (χ2v) is 5.67. The summed E-state index contributed by atoms with van der Waals surface area (Å²) in [5, 5.41) is 0. The van der Waals surface area contributed by atoms with Crippen molar-refractivity contribution in [1.29, 1.82) is 0 Å². The molecule has 0 nitrogen and oxygen atoms in total. The largest absolute Gasteiger partial charge is 0.358 e. The van der Waals surface area contributed by atoms with E-state index < -0.39 is 9.29 Å². The van der Waals surface area contributed by atoms with E-state index in [4.69, 9.17) is 11.6 Å². The van der Waals surface area contributed by atoms with Crippen molar-refractivity contribution in [2.75, 3.05) is 0 Å². The summed E-state index contributed by atoms with van der Waals surface area (Å²) in [6, 6.07) is 8.71. The highest BCUT2D eigenvalue weighted by Gasteiger charge is 2.52. The van der Waals surface area contributed by atoms with Gasteiger partial charge >= 0.3 is 9.29 Å². The number of alkyl halides is 5. The minimum Gasteiger partial charge on any atom is -0.206 e. The van der Waals surface area contributed by atoms with E-state index in [1.807, 2.05) is 15.9 Å². The molecular weight excluding hydrogens is 313 g/mol. The zero-order valence-electron chi connectivity index (χ0n) is 7.39. The number of halogens is 5. The summed E-state index contributed by atoms with van der Waals surface area (Å²) in [6.07, 6.45) is 0. The zero-order chi connectivity index (χ0) is 11.5. The fourth-order valence-electron chi connectivity index (χ4n) is 0.830. The van der Waals surface area contributed by atoms with Crippen molar-refractivity contribution in [3.63, 3.8) is 0 Å². The molecule has 1 atom stereocenters. The highest BCUT2D eigenvalue weighted by molar-refractivity contribution is 9.10. The van der Waals surface area contributed by atoms with E-state index in [-0.39, 0.29) is 5.75 Å². The summed E-state index contributed by atoms with van der Waals surface area (Å²) in [5.41, 5.74) is 0.738. The van der Waals surface area contributed by atoms with Gasteiger partial charge in [0.2, 0.25) is 0 Å². The van der Waals surface area contributed by atoms with E-state index in [1.165, 1.54) is 0 Å². The van der Waals surface area contributed by atoms with Gasteiger partial charge in [-0.3, -0.25) is 0 Å². The van der Waals surface area contributed by atoms with Gasteiger partial charge in [-0.2, -0.15) is 8.78 Å². The summed E-state index contributed by atoms with van der Waals surface area (Å²) in [4.78, 5) is -3.75. The molecule has 1 rings (SSSR count). The quantitative estimate of drug-likeness (QED) is 0.720. The number of benzene rings is 1. The third-order valence-corrected chi connectivity index (χ3v) is 4.29. The molecule has 1 aromatic carbocycles. The third kappa shape index (κ3) is 3.89. The van der Waals surface area contributed by atoms with Crippen LogP contribution in [0.25, 0.3) is 0 Å². The smallest absolute Gasteiger partial charge is 0.206 e. The molecule has 0 aliphatic rings. The first-order chi connectivity index (χ1) is 6.83. The van der Waals surface area contributed by atoms with Crippen molar-refractivity contribution in [3.05, 3.63) is 35.9 Å². The molecule has 0 bridgehead atoms. The normalized spacial score (nSPS) is 16.1. The summed E-state index contributed by atoms with van der Waals surface area (Å²) in [5.74, 6) is 0.0853. The second kappa shape index (κ2) is 4.97. The van der Waals surface area contributed by atoms with Gasteiger partial charge in [0.15, 0.2) is 0 Å². The van der Waals surface area contributed by atoms with Crippen LogP contribution in [0.3, 0.4) is 0 Å². The van der Waals surface area contributed by atoms with E-state index in [0.29, 0.717) is 11.8 Å². The van der Waals surface area contributed by atoms with Crippen molar-refractivity contribution in [3.8, 4) is 0 Å². The average molecular weight is 320 g/mol. The van der Waals surface area contributed by atoms with Crippen LogP contribution in [0.15, 0.2) is 30.3 Å². The number of hydrogen-bond acceptors (Lipinski definition) is 1. The fourth-order valence-corrected chi connectivity index (χ4v) is 2.04. The predicted molar refractivity (Wildman–Crippen MR) is 61.3 cm³/mol. The Balaban J connectivity index is 2.58. The van der Waals surface area contributed by atoms with Crippen molar-refractivity contribution >= 4 is 39.3 Å². The Bertz CT molecular complexity index is 313. The molecular formula is C9H7BrClF3S. The molecule has 0 heterocycles. The minimum atomic E-state index is -3.75. The van der Waals surface area contributed by atoms with Gasteiger partial charge in [-0.25, -0.2) is 4.39 Å². The summed E-state index contributed by atoms with van der Waals surface area (Å²) in [7, 11) is 0. The lowest BCUT2D eigenvalue weighted by atomic mass is 10.2. The van der Waals surface area contributed by atoms with Gasteiger partial charge in [0.25, 0.3) is 0 Å². The van der Waals surface area contributed by atoms with Crippen LogP contribution in [0.4, 0.5) is 13.2 Å². The second-order valence-electron chi connectivity index (χ2n) is 2.79. The molecule has 0 aromatic heterocycles. The molecule has 84 valence electrons. The molecule has 0 radical (unpaired) electrons. The van der Waals surface area contributed by atoms with Crippen LogP contribution in [0, 0.1) is 0 Å². The highest BCUT2D eigenvalue weighted by atomic mass is 79.9. The molecule has 0 saturated heterocycles. The lowest BCUT2D eigenvalue weighted by Gasteiger charge is -2.22. The third-order valence-electron chi connectivity index (χ3n) is 1.59. The molecule has 0 saturated carbocycles. The molecule has 0 aliphatic carbocycles. The molecule has 6 heteroatoms. The number of rotatable bonds is 4. The molecule has 1 aromatic rings. The Morgan fingerprint density at radius 2 is 1.73 bits per heavy atom. The van der Waals surface area contributed by atoms with Gasteiger partial charge in [0, 0.05) is 5.75 Å². The van der Waals surface area contributed by atoms with E-state index in [9.17, 15) is 13.2 Å². The highest BCUT2D eigenvalue weighted by Crippen LogP contribution is 2.49. The Kier molecular flexibility index (Phi) is 4.38. The van der Waals surface area contributed by atoms with Crippen LogP contribution in [0.1, 0.15) is 5.56 Å². The monoisotopic (exact) mass is 318 g/mol. The Labute approximate surface area is 103 Å². The first-order valence-corrected chi connectivity index (χ1v) is 6.11. The minimum absolute atomic E-state index is 0.0853. The van der Waals surface area contributed by atoms with Crippen LogP contribution in [0.5, 0.6) is 0 Å². The van der Waals surface area contributed by atoms with E-state index in [2.05, 4.69) is 0 Å². The van der Waals surface area contributed by atoms with E-state index >= 15 is 0 Å². The van der Waals surface area contributed by atoms with Crippen LogP contribution in [0.2, 0.25) is 0 Å². The standard InChI is InChI=1S/C9H7BrClF3S/c10-8(12,13)9(11,14)15-6-7-4-2-1-3-5-7/h1-5H,6H2. The van der Waals surface area contributed by atoms with Crippen molar-refractivity contribution in [1.82, 2.24) is 0 Å². The van der Waals surface area contributed by atoms with Crippen molar-refractivity contribution in [2.45, 2.75) is 15.0 Å². The SMILES string of the molecule is FC(F)(Br)C(F)(Cl)SCc1ccccc1. The average Bonchev–Trinajstić information content (AvgIpc) is 2.15. The number of thioether (sulfide) groups is 1. The summed E-state index contributed by atoms with van der Waals surface area (Å²) >= 11 is 7.31. The van der Waals surface area contributed by atoms with Crippen LogP contribution in [-0.4, -0.2) is 9.29 Å². The Morgan fingerprint density at radius 3 is 2.20 bits per heavy atom. The molecule has 0 aliphatic heterocycles. The molecule has 0 spiro atoms. The zero-order valence-corrected chi connectivity index (χ0v) is 10.6. The van der Waals surface area contributed by atoms with E-state index in [0.717, 1.165) is 5.56 Å². The van der Waals surface area contributed by atoms with Crippen molar-refractivity contribution < 1.29 is 13.2 Å². The van der Waals surface area contributed by atoms with Gasteiger partial charge in [0.05, 0.1) is 0 Å². The molecule has 0 fully saturated rings. The molecule has 0 N–H and O–H groups in total. The van der Waals surface area contributed by atoms with Crippen LogP contribution in [-0.2, 0) is 5.75 Å². The lowest BCUT2D eigenvalue weighted by Crippen LogP contribution is -2.30. The molecule has 1 unspecified atom stereocenters. The fraction of sp³-hybridized carbons (Fsp3) is 0.333. The van der Waals surface area contributed by atoms with Crippen LogP contribution < -0.4 is 0 Å². The summed E-state index contributed by atoms with van der Waals surface area (Å²) in [6.45, 7) is 0. The Hall–Kier alpha value is 0.130. The van der Waals surface area contributed by atoms with Crippen LogP contribution >= 0.6 is 39.3 Å². The topological polar surface area (TPSA) is 0 Å². The van der Waals surface area contributed by atoms with Crippen molar-refractivity contribution in [2.24, 2.45) is 0 Å². The maximum atomic E-state index is 13.2. The first-order valence-electron chi connectivity index (χ1n) is 3.95. The first kappa shape index (κ1) is 13.2. The van der Waals surface area contributed by atoms with Gasteiger partial charge in [-0.1, -0.05) is 53.7 Å². The molecule has 0 amide bonds. The van der Waals surface area contributed by atoms with Gasteiger partial charge in [-0.15, -0.1) is 0 Å². The predicted octanol–water partition coefficient (Wildman–Crippen LogP) is 4.77. The summed E-state index contributed by atoms with van der Waals surface area (Å²) < 4.78 is 35.3. The maximum absolute atomic E-state index is 13.2. The van der Waals surface area contributed by atoms with Gasteiger partial charge in [-0.05, 0) is 21.5 Å². The molecule has 15 heavy (non-hydrogen) atoms. The van der Waals surface area contributed by atoms with Gasteiger partial charge in [0.1, 0.15) is 0 Å². The maximum Gasteiger partial charge on any atom is 0.358 e. The van der Waals surface area contributed by atoms with E-state index in [1.54, 1.807) is 30.3 Å². The Morgan fingerprint density at radius 1 is 1.20 bits per heavy atom.